The zero-order valence-electron chi connectivity index (χ0n) is 10.8. The molecular weight excluding hydrogens is 264 g/mol. The third kappa shape index (κ3) is 3.33. The van der Waals surface area contributed by atoms with Gasteiger partial charge >= 0.3 is 0 Å². The van der Waals surface area contributed by atoms with Gasteiger partial charge in [0.25, 0.3) is 0 Å². The second-order valence-corrected chi connectivity index (χ2v) is 4.43. The van der Waals surface area contributed by atoms with Crippen LogP contribution in [0, 0.1) is 6.92 Å². The number of nitrogens with two attached hydrogens (primary N) is 1. The lowest BCUT2D eigenvalue weighted by Crippen LogP contribution is -2.11. The first-order valence-corrected chi connectivity index (χ1v) is 6.28. The fraction of sp³-hybridized carbons (Fsp3) is 0.231. The molecule has 19 heavy (non-hydrogen) atoms. The summed E-state index contributed by atoms with van der Waals surface area (Å²) in [7, 11) is 0. The van der Waals surface area contributed by atoms with Crippen molar-refractivity contribution in [2.45, 2.75) is 20.3 Å². The number of rotatable bonds is 4. The summed E-state index contributed by atoms with van der Waals surface area (Å²) in [6.07, 6.45) is 0.842. The summed E-state index contributed by atoms with van der Waals surface area (Å²) in [5, 5.41) is 0.734. The molecule has 0 saturated heterocycles. The predicted molar refractivity (Wildman–Crippen MR) is 75.5 cm³/mol. The van der Waals surface area contributed by atoms with Crippen LogP contribution in [-0.2, 0) is 6.42 Å². The lowest BCUT2D eigenvalue weighted by Gasteiger charge is -2.09. The minimum absolute atomic E-state index is 0.319. The second kappa shape index (κ2) is 5.86. The van der Waals surface area contributed by atoms with E-state index >= 15 is 0 Å². The number of hydrogen-bond donors (Lipinski definition) is 2. The maximum absolute atomic E-state index is 6.06. The maximum atomic E-state index is 6.06. The van der Waals surface area contributed by atoms with E-state index in [4.69, 9.17) is 22.2 Å². The van der Waals surface area contributed by atoms with Crippen molar-refractivity contribution < 1.29 is 4.74 Å². The number of nitrogens with zero attached hydrogens (tertiary/aromatic N) is 2. The van der Waals surface area contributed by atoms with Gasteiger partial charge in [0, 0.05) is 16.8 Å². The van der Waals surface area contributed by atoms with Crippen LogP contribution in [0.2, 0.25) is 5.02 Å². The highest BCUT2D eigenvalue weighted by Gasteiger charge is 2.06. The Morgan fingerprint density at radius 2 is 2.11 bits per heavy atom. The Bertz CT molecular complexity index is 589. The van der Waals surface area contributed by atoms with Gasteiger partial charge in [0.05, 0.1) is 0 Å². The van der Waals surface area contributed by atoms with Crippen LogP contribution in [0.25, 0.3) is 0 Å². The predicted octanol–water partition coefficient (Wildman–Crippen LogP) is 3.08. The lowest BCUT2D eigenvalue weighted by atomic mass is 10.1. The smallest absolute Gasteiger partial charge is 0.240 e. The molecule has 0 atom stereocenters. The average molecular weight is 279 g/mol. The molecule has 0 radical (unpaired) electrons. The van der Waals surface area contributed by atoms with Gasteiger partial charge in [-0.3, -0.25) is 5.43 Å². The van der Waals surface area contributed by atoms with E-state index in [0.717, 1.165) is 22.7 Å². The van der Waals surface area contributed by atoms with Crippen LogP contribution in [0.3, 0.4) is 0 Å². The molecule has 0 saturated carbocycles. The summed E-state index contributed by atoms with van der Waals surface area (Å²) in [6, 6.07) is 7.25. The van der Waals surface area contributed by atoms with Gasteiger partial charge in [-0.25, -0.2) is 10.8 Å². The van der Waals surface area contributed by atoms with Gasteiger partial charge in [-0.05, 0) is 37.1 Å². The third-order valence-electron chi connectivity index (χ3n) is 2.58. The molecule has 1 heterocycles. The van der Waals surface area contributed by atoms with Crippen molar-refractivity contribution in [3.8, 4) is 11.6 Å². The van der Waals surface area contributed by atoms with Crippen LogP contribution in [0.1, 0.15) is 18.2 Å². The van der Waals surface area contributed by atoms with Gasteiger partial charge in [-0.15, -0.1) is 0 Å². The van der Waals surface area contributed by atoms with E-state index in [1.54, 1.807) is 12.1 Å². The van der Waals surface area contributed by atoms with E-state index in [9.17, 15) is 0 Å². The monoisotopic (exact) mass is 278 g/mol. The molecule has 0 amide bonds. The molecule has 0 spiro atoms. The fourth-order valence-corrected chi connectivity index (χ4v) is 1.91. The molecule has 2 rings (SSSR count). The zero-order valence-corrected chi connectivity index (χ0v) is 11.5. The molecule has 100 valence electrons. The van der Waals surface area contributed by atoms with Gasteiger partial charge < -0.3 is 4.74 Å². The summed E-state index contributed by atoms with van der Waals surface area (Å²) < 4.78 is 5.69. The van der Waals surface area contributed by atoms with Crippen molar-refractivity contribution in [3.63, 3.8) is 0 Å². The van der Waals surface area contributed by atoms with E-state index in [0.29, 0.717) is 17.6 Å². The Morgan fingerprint density at radius 1 is 1.32 bits per heavy atom. The van der Waals surface area contributed by atoms with Crippen molar-refractivity contribution in [3.05, 3.63) is 40.5 Å². The molecule has 6 heteroatoms. The number of benzene rings is 1. The Balaban J connectivity index is 2.28. The number of hydrogen-bond acceptors (Lipinski definition) is 5. The first-order chi connectivity index (χ1) is 9.12. The van der Waals surface area contributed by atoms with Gasteiger partial charge in [-0.1, -0.05) is 18.5 Å². The molecule has 1 aromatic carbocycles. The Labute approximate surface area is 116 Å². The molecule has 0 aliphatic rings. The first-order valence-electron chi connectivity index (χ1n) is 5.91. The van der Waals surface area contributed by atoms with Crippen molar-refractivity contribution in [2.24, 2.45) is 5.84 Å². The van der Waals surface area contributed by atoms with Crippen LogP contribution >= 0.6 is 11.6 Å². The van der Waals surface area contributed by atoms with E-state index < -0.39 is 0 Å². The normalized spacial score (nSPS) is 10.3. The lowest BCUT2D eigenvalue weighted by molar-refractivity contribution is 0.461. The van der Waals surface area contributed by atoms with E-state index in [2.05, 4.69) is 15.4 Å². The van der Waals surface area contributed by atoms with Crippen molar-refractivity contribution >= 4 is 17.5 Å². The van der Waals surface area contributed by atoms with E-state index in [1.807, 2.05) is 26.0 Å². The molecule has 0 bridgehead atoms. The number of halogens is 1. The van der Waals surface area contributed by atoms with Crippen LogP contribution in [0.4, 0.5) is 5.95 Å². The molecular formula is C13H15ClN4O. The molecule has 0 unspecified atom stereocenters. The number of nitrogens with one attached hydrogen (secondary N) is 1. The number of ether oxygens (including phenoxy) is 1. The van der Waals surface area contributed by atoms with Crippen molar-refractivity contribution in [2.75, 3.05) is 5.43 Å². The molecule has 0 aliphatic carbocycles. The molecule has 0 aliphatic heterocycles. The van der Waals surface area contributed by atoms with E-state index in [-0.39, 0.29) is 0 Å². The standard InChI is InChI=1S/C13H15ClN4O/c1-3-9-7-10(4-5-11(9)14)19-12-6-8(2)16-13(17-12)18-15/h4-7H,3,15H2,1-2H3,(H,16,17,18). The summed E-state index contributed by atoms with van der Waals surface area (Å²) in [5.74, 6) is 6.74. The minimum atomic E-state index is 0.319. The highest BCUT2D eigenvalue weighted by atomic mass is 35.5. The van der Waals surface area contributed by atoms with E-state index in [1.165, 1.54) is 0 Å². The largest absolute Gasteiger partial charge is 0.439 e. The van der Waals surface area contributed by atoms with Gasteiger partial charge in [0.15, 0.2) is 0 Å². The highest BCUT2D eigenvalue weighted by molar-refractivity contribution is 6.31. The zero-order chi connectivity index (χ0) is 13.8. The van der Waals surface area contributed by atoms with Gasteiger partial charge in [0.1, 0.15) is 5.75 Å². The SMILES string of the molecule is CCc1cc(Oc2cc(C)nc(NN)n2)ccc1Cl. The summed E-state index contributed by atoms with van der Waals surface area (Å²) in [4.78, 5) is 8.22. The number of hydrazine groups is 1. The number of anilines is 1. The molecule has 5 nitrogen and oxygen atoms in total. The van der Waals surface area contributed by atoms with Gasteiger partial charge in [-0.2, -0.15) is 4.98 Å². The highest BCUT2D eigenvalue weighted by Crippen LogP contribution is 2.26. The molecule has 2 aromatic rings. The fourth-order valence-electron chi connectivity index (χ4n) is 1.66. The third-order valence-corrected chi connectivity index (χ3v) is 2.95. The number of aryl methyl sites for hydroxylation is 2. The van der Waals surface area contributed by atoms with Crippen LogP contribution in [-0.4, -0.2) is 9.97 Å². The van der Waals surface area contributed by atoms with Crippen LogP contribution in [0.15, 0.2) is 24.3 Å². The summed E-state index contributed by atoms with van der Waals surface area (Å²) in [5.41, 5.74) is 4.20. The molecule has 0 fully saturated rings. The van der Waals surface area contributed by atoms with Crippen molar-refractivity contribution in [1.82, 2.24) is 9.97 Å². The first kappa shape index (κ1) is 13.6. The Kier molecular flexibility index (Phi) is 4.19. The molecule has 3 N–H and O–H groups in total. The topological polar surface area (TPSA) is 73.1 Å². The number of nitrogen functional groups attached to an aromatic ring is 1. The van der Waals surface area contributed by atoms with Crippen LogP contribution < -0.4 is 16.0 Å². The Morgan fingerprint density at radius 3 is 2.79 bits per heavy atom. The molecule has 1 aromatic heterocycles. The second-order valence-electron chi connectivity index (χ2n) is 4.02. The quantitative estimate of drug-likeness (QED) is 0.664. The number of aromatic nitrogens is 2. The Hall–Kier alpha value is -1.85. The maximum Gasteiger partial charge on any atom is 0.240 e. The summed E-state index contributed by atoms with van der Waals surface area (Å²) >= 11 is 6.06. The van der Waals surface area contributed by atoms with Crippen LogP contribution in [0.5, 0.6) is 11.6 Å². The van der Waals surface area contributed by atoms with Crippen molar-refractivity contribution in [1.29, 1.82) is 0 Å². The summed E-state index contributed by atoms with van der Waals surface area (Å²) in [6.45, 7) is 3.88. The van der Waals surface area contributed by atoms with Gasteiger partial charge in [0.2, 0.25) is 11.8 Å². The minimum Gasteiger partial charge on any atom is -0.439 e. The average Bonchev–Trinajstić information content (AvgIpc) is 2.40.